The molecule has 2 heterocycles. The fraction of sp³-hybridized carbons (Fsp3) is 0.118. The van der Waals surface area contributed by atoms with Gasteiger partial charge in [-0.15, -0.1) is 0 Å². The molecule has 140 valence electrons. The molecule has 0 spiro atoms. The Hall–Kier alpha value is -1.01. The average molecular weight is 484 g/mol. The number of hydrogen-bond donors (Lipinski definition) is 0. The van der Waals surface area contributed by atoms with Crippen LogP contribution in [-0.2, 0) is 7.59 Å². The molecule has 0 N–H and O–H groups in total. The first-order valence-corrected chi connectivity index (χ1v) is 9.62. The molecule has 0 bridgehead atoms. The van der Waals surface area contributed by atoms with E-state index in [1.807, 2.05) is 36.4 Å². The van der Waals surface area contributed by atoms with Crippen molar-refractivity contribution in [3.63, 3.8) is 0 Å². The van der Waals surface area contributed by atoms with E-state index in [0.717, 1.165) is 11.3 Å². The van der Waals surface area contributed by atoms with Crippen molar-refractivity contribution in [1.82, 2.24) is 15.0 Å². The van der Waals surface area contributed by atoms with Crippen LogP contribution in [0.2, 0.25) is 0 Å². The number of halogens is 6. The van der Waals surface area contributed by atoms with Gasteiger partial charge in [0.1, 0.15) is 5.76 Å². The third kappa shape index (κ3) is 5.50. The van der Waals surface area contributed by atoms with Crippen molar-refractivity contribution in [3.05, 3.63) is 65.6 Å². The van der Waals surface area contributed by atoms with Crippen LogP contribution < -0.4 is 0 Å². The van der Waals surface area contributed by atoms with Crippen molar-refractivity contribution in [1.29, 1.82) is 0 Å². The van der Waals surface area contributed by atoms with E-state index in [1.165, 1.54) is 0 Å². The first-order valence-electron chi connectivity index (χ1n) is 7.35. The smallest absolute Gasteiger partial charge is 0.250 e. The molecule has 2 aromatic heterocycles. The highest BCUT2D eigenvalue weighted by Gasteiger charge is 2.33. The molecule has 4 nitrogen and oxygen atoms in total. The van der Waals surface area contributed by atoms with E-state index in [2.05, 4.69) is 15.0 Å². The van der Waals surface area contributed by atoms with Crippen LogP contribution in [-0.4, -0.2) is 15.0 Å². The van der Waals surface area contributed by atoms with Gasteiger partial charge >= 0.3 is 0 Å². The number of furan rings is 1. The van der Waals surface area contributed by atoms with Gasteiger partial charge in [0.15, 0.2) is 17.5 Å². The van der Waals surface area contributed by atoms with Crippen molar-refractivity contribution in [2.24, 2.45) is 0 Å². The molecule has 0 amide bonds. The number of aromatic nitrogens is 3. The van der Waals surface area contributed by atoms with Crippen LogP contribution in [0.1, 0.15) is 23.0 Å². The zero-order valence-corrected chi connectivity index (χ0v) is 17.7. The highest BCUT2D eigenvalue weighted by atomic mass is 35.6. The van der Waals surface area contributed by atoms with Crippen molar-refractivity contribution < 1.29 is 4.42 Å². The lowest BCUT2D eigenvalue weighted by atomic mass is 10.1. The van der Waals surface area contributed by atoms with Crippen LogP contribution in [0, 0.1) is 0 Å². The molecule has 0 aliphatic heterocycles. The second kappa shape index (κ2) is 8.16. The Kier molecular flexibility index (Phi) is 6.26. The molecule has 1 aromatic carbocycles. The minimum atomic E-state index is -1.89. The molecule has 0 atom stereocenters. The monoisotopic (exact) mass is 481 g/mol. The predicted molar refractivity (Wildman–Crippen MR) is 111 cm³/mol. The first-order chi connectivity index (χ1) is 12.6. The Bertz CT molecular complexity index is 912. The molecule has 3 rings (SSSR count). The van der Waals surface area contributed by atoms with Gasteiger partial charge in [0.25, 0.3) is 0 Å². The van der Waals surface area contributed by atoms with E-state index in [4.69, 9.17) is 74.0 Å². The van der Waals surface area contributed by atoms with Gasteiger partial charge in [0, 0.05) is 5.56 Å². The van der Waals surface area contributed by atoms with Gasteiger partial charge in [-0.05, 0) is 23.8 Å². The van der Waals surface area contributed by atoms with Crippen LogP contribution in [0.5, 0.6) is 0 Å². The van der Waals surface area contributed by atoms with E-state index in [1.54, 1.807) is 18.4 Å². The summed E-state index contributed by atoms with van der Waals surface area (Å²) in [5.74, 6) is 0.687. The van der Waals surface area contributed by atoms with Crippen molar-refractivity contribution in [2.75, 3.05) is 0 Å². The summed E-state index contributed by atoms with van der Waals surface area (Å²) in [6.45, 7) is 0. The molecule has 10 heteroatoms. The highest BCUT2D eigenvalue weighted by Crippen LogP contribution is 2.40. The maximum absolute atomic E-state index is 5.89. The SMILES string of the molecule is ClC(Cl)(Cl)c1nc(-c2ccc(/C=C/c3ccco3)cc2)nc(C(Cl)(Cl)Cl)n1. The van der Waals surface area contributed by atoms with Crippen LogP contribution in [0.4, 0.5) is 0 Å². The lowest BCUT2D eigenvalue weighted by Crippen LogP contribution is -2.16. The van der Waals surface area contributed by atoms with Crippen LogP contribution in [0.15, 0.2) is 47.1 Å². The van der Waals surface area contributed by atoms with E-state index in [9.17, 15) is 0 Å². The van der Waals surface area contributed by atoms with Crippen molar-refractivity contribution in [3.8, 4) is 11.4 Å². The number of nitrogens with zero attached hydrogens (tertiary/aromatic N) is 3. The van der Waals surface area contributed by atoms with Gasteiger partial charge in [-0.1, -0.05) is 99.9 Å². The molecule has 0 radical (unpaired) electrons. The van der Waals surface area contributed by atoms with Crippen LogP contribution in [0.3, 0.4) is 0 Å². The second-order valence-corrected chi connectivity index (χ2v) is 9.83. The molecule has 27 heavy (non-hydrogen) atoms. The Morgan fingerprint density at radius 2 is 1.33 bits per heavy atom. The van der Waals surface area contributed by atoms with Gasteiger partial charge < -0.3 is 4.42 Å². The third-order valence-electron chi connectivity index (χ3n) is 3.29. The van der Waals surface area contributed by atoms with Crippen LogP contribution in [0.25, 0.3) is 23.5 Å². The maximum atomic E-state index is 5.89. The molecule has 0 saturated heterocycles. The van der Waals surface area contributed by atoms with E-state index in [-0.39, 0.29) is 17.5 Å². The van der Waals surface area contributed by atoms with Crippen molar-refractivity contribution in [2.45, 2.75) is 7.59 Å². The van der Waals surface area contributed by atoms with E-state index in [0.29, 0.717) is 5.56 Å². The largest absolute Gasteiger partial charge is 0.465 e. The standard InChI is InChI=1S/C17H9Cl6N3O/c18-16(19,20)14-24-13(25-15(26-14)17(21,22)23)11-6-3-10(4-7-11)5-8-12-2-1-9-27-12/h1-9H/b8-5+. The molecule has 3 aromatic rings. The normalized spacial score (nSPS) is 12.7. The Balaban J connectivity index is 1.95. The molecule has 0 saturated carbocycles. The average Bonchev–Trinajstić information content (AvgIpc) is 3.12. The van der Waals surface area contributed by atoms with E-state index >= 15 is 0 Å². The Morgan fingerprint density at radius 3 is 1.81 bits per heavy atom. The molecule has 0 aliphatic rings. The number of hydrogen-bond acceptors (Lipinski definition) is 4. The predicted octanol–water partition coefficient (Wildman–Crippen LogP) is 6.96. The quantitative estimate of drug-likeness (QED) is 0.378. The van der Waals surface area contributed by atoms with Gasteiger partial charge in [-0.3, -0.25) is 0 Å². The molecule has 0 fully saturated rings. The minimum Gasteiger partial charge on any atom is -0.465 e. The second-order valence-electron chi connectivity index (χ2n) is 5.27. The zero-order valence-electron chi connectivity index (χ0n) is 13.2. The lowest BCUT2D eigenvalue weighted by Gasteiger charge is -2.15. The van der Waals surface area contributed by atoms with Gasteiger partial charge in [-0.25, -0.2) is 15.0 Å². The highest BCUT2D eigenvalue weighted by molar-refractivity contribution is 6.67. The summed E-state index contributed by atoms with van der Waals surface area (Å²) in [5.41, 5.74) is 1.57. The number of alkyl halides is 6. The Labute approximate surface area is 185 Å². The lowest BCUT2D eigenvalue weighted by molar-refractivity contribution is 0.557. The fourth-order valence-electron chi connectivity index (χ4n) is 2.07. The summed E-state index contributed by atoms with van der Waals surface area (Å²) >= 11 is 35.3. The summed E-state index contributed by atoms with van der Waals surface area (Å²) in [6.07, 6.45) is 5.35. The summed E-state index contributed by atoms with van der Waals surface area (Å²) in [5, 5.41) is 0. The third-order valence-corrected chi connectivity index (χ3v) is 4.31. The summed E-state index contributed by atoms with van der Waals surface area (Å²) < 4.78 is 1.46. The fourth-order valence-corrected chi connectivity index (χ4v) is 2.57. The van der Waals surface area contributed by atoms with Crippen molar-refractivity contribution >= 4 is 81.8 Å². The zero-order chi connectivity index (χ0) is 19.7. The van der Waals surface area contributed by atoms with Gasteiger partial charge in [0.2, 0.25) is 7.59 Å². The topological polar surface area (TPSA) is 51.8 Å². The minimum absolute atomic E-state index is 0.138. The van der Waals surface area contributed by atoms with Gasteiger partial charge in [0.05, 0.1) is 6.26 Å². The van der Waals surface area contributed by atoms with E-state index < -0.39 is 7.59 Å². The molecular weight excluding hydrogens is 475 g/mol. The Morgan fingerprint density at radius 1 is 0.741 bits per heavy atom. The molecule has 0 unspecified atom stereocenters. The number of benzene rings is 1. The summed E-state index contributed by atoms with van der Waals surface area (Å²) in [6, 6.07) is 11.0. The molecule has 0 aliphatic carbocycles. The summed E-state index contributed by atoms with van der Waals surface area (Å²) in [7, 11) is 0. The molecular formula is C17H9Cl6N3O. The maximum Gasteiger partial charge on any atom is 0.250 e. The van der Waals surface area contributed by atoms with Crippen LogP contribution >= 0.6 is 69.6 Å². The van der Waals surface area contributed by atoms with Gasteiger partial charge in [-0.2, -0.15) is 0 Å². The first kappa shape index (κ1) is 20.7. The summed E-state index contributed by atoms with van der Waals surface area (Å²) in [4.78, 5) is 12.3. The number of rotatable bonds is 3.